The number of benzene rings is 6. The molecule has 0 fully saturated rings. The lowest BCUT2D eigenvalue weighted by atomic mass is 9.89. The van der Waals surface area contributed by atoms with Crippen molar-refractivity contribution in [2.75, 3.05) is 35.7 Å². The third kappa shape index (κ3) is 7.93. The van der Waals surface area contributed by atoms with Crippen molar-refractivity contribution in [1.82, 2.24) is 0 Å². The van der Waals surface area contributed by atoms with Crippen molar-refractivity contribution in [3.05, 3.63) is 179 Å². The number of carbonyl (C=O) groups is 4. The summed E-state index contributed by atoms with van der Waals surface area (Å²) in [5, 5.41) is 14.6. The number of fused-ring (bicyclic) bond motifs is 2. The molecular formula is C48H36N6O6. The van der Waals surface area contributed by atoms with Crippen LogP contribution >= 0.6 is 0 Å². The van der Waals surface area contributed by atoms with E-state index in [1.165, 1.54) is 14.2 Å². The predicted molar refractivity (Wildman–Crippen MR) is 234 cm³/mol. The van der Waals surface area contributed by atoms with Gasteiger partial charge in [-0.15, -0.1) is 0 Å². The number of Topliss-reactive ketones (excluding diaryl/α,β-unsaturated/α-hetero) is 2. The number of methoxy groups -OCH3 is 2. The molecule has 0 saturated heterocycles. The zero-order valence-corrected chi connectivity index (χ0v) is 32.4. The van der Waals surface area contributed by atoms with Crippen LogP contribution in [0.25, 0.3) is 23.3 Å². The Labute approximate surface area is 345 Å². The molecule has 12 nitrogen and oxygen atoms in total. The Bertz CT molecular complexity index is 2620. The zero-order valence-electron chi connectivity index (χ0n) is 32.4. The first-order valence-corrected chi connectivity index (χ1v) is 18.8. The number of carbonyl (C=O) groups excluding carboxylic acids is 4. The highest BCUT2D eigenvalue weighted by molar-refractivity contribution is 6.60. The number of hydrogen-bond donors (Lipinski definition) is 4. The van der Waals surface area contributed by atoms with Crippen molar-refractivity contribution in [2.24, 2.45) is 10.2 Å². The number of ketones is 2. The van der Waals surface area contributed by atoms with E-state index in [1.807, 2.05) is 60.7 Å². The molecule has 6 aromatic rings. The second-order valence-corrected chi connectivity index (χ2v) is 13.6. The van der Waals surface area contributed by atoms with Gasteiger partial charge in [0.15, 0.2) is 0 Å². The Hall–Kier alpha value is -8.38. The van der Waals surface area contributed by atoms with Gasteiger partial charge in [-0.2, -0.15) is 10.2 Å². The fourth-order valence-electron chi connectivity index (χ4n) is 6.78. The van der Waals surface area contributed by atoms with E-state index in [4.69, 9.17) is 9.47 Å². The second-order valence-electron chi connectivity index (χ2n) is 13.6. The highest BCUT2D eigenvalue weighted by Crippen LogP contribution is 2.36. The number of nitrogens with one attached hydrogen (secondary N) is 4. The fourth-order valence-corrected chi connectivity index (χ4v) is 6.78. The maximum Gasteiger partial charge on any atom is 0.259 e. The maximum absolute atomic E-state index is 13.7. The summed E-state index contributed by atoms with van der Waals surface area (Å²) in [4.78, 5) is 54.0. The Morgan fingerprint density at radius 2 is 0.867 bits per heavy atom. The van der Waals surface area contributed by atoms with Gasteiger partial charge in [0.1, 0.15) is 22.9 Å². The van der Waals surface area contributed by atoms with Gasteiger partial charge in [-0.25, -0.2) is 0 Å². The summed E-state index contributed by atoms with van der Waals surface area (Å²) < 4.78 is 11.5. The zero-order chi connectivity index (χ0) is 41.6. The normalized spacial score (nSPS) is 14.3. The Morgan fingerprint density at radius 3 is 1.27 bits per heavy atom. The largest absolute Gasteiger partial charge is 0.494 e. The summed E-state index contributed by atoms with van der Waals surface area (Å²) in [5.74, 6) is -1.26. The molecule has 0 bridgehead atoms. The van der Waals surface area contributed by atoms with E-state index in [0.29, 0.717) is 56.5 Å². The summed E-state index contributed by atoms with van der Waals surface area (Å²) in [7, 11) is 3.05. The van der Waals surface area contributed by atoms with Gasteiger partial charge in [0.2, 0.25) is 11.6 Å². The van der Waals surface area contributed by atoms with Gasteiger partial charge in [0, 0.05) is 22.5 Å². The third-order valence-corrected chi connectivity index (χ3v) is 9.82. The average Bonchev–Trinajstić information content (AvgIpc) is 3.28. The number of para-hydroxylation sites is 2. The average molecular weight is 793 g/mol. The number of hydrogen-bond acceptors (Lipinski definition) is 10. The van der Waals surface area contributed by atoms with E-state index in [1.54, 1.807) is 97.1 Å². The van der Waals surface area contributed by atoms with Gasteiger partial charge in [0.25, 0.3) is 11.8 Å². The summed E-state index contributed by atoms with van der Waals surface area (Å²) in [6.45, 7) is 0. The fraction of sp³-hybridized carbons (Fsp3) is 0.0417. The topological polar surface area (TPSA) is 160 Å². The van der Waals surface area contributed by atoms with Crippen LogP contribution in [0.4, 0.5) is 22.7 Å². The van der Waals surface area contributed by atoms with E-state index in [2.05, 4.69) is 31.7 Å². The first-order valence-electron chi connectivity index (χ1n) is 18.8. The molecule has 2 aliphatic carbocycles. The van der Waals surface area contributed by atoms with Gasteiger partial charge >= 0.3 is 0 Å². The molecule has 60 heavy (non-hydrogen) atoms. The number of ether oxygens (including phenoxy) is 2. The minimum atomic E-state index is -0.540. The van der Waals surface area contributed by atoms with Gasteiger partial charge in [-0.1, -0.05) is 97.1 Å². The lowest BCUT2D eigenvalue weighted by Gasteiger charge is -2.18. The second kappa shape index (κ2) is 17.0. The monoisotopic (exact) mass is 792 g/mol. The van der Waals surface area contributed by atoms with E-state index in [9.17, 15) is 19.2 Å². The molecule has 0 aromatic heterocycles. The number of amides is 2. The van der Waals surface area contributed by atoms with Crippen molar-refractivity contribution in [1.29, 1.82) is 0 Å². The summed E-state index contributed by atoms with van der Waals surface area (Å²) in [5.41, 5.74) is 12.2. The molecule has 0 unspecified atom stereocenters. The van der Waals surface area contributed by atoms with Crippen LogP contribution in [0.2, 0.25) is 0 Å². The third-order valence-electron chi connectivity index (χ3n) is 9.82. The van der Waals surface area contributed by atoms with Crippen LogP contribution in [0, 0.1) is 0 Å². The van der Waals surface area contributed by atoms with Crippen LogP contribution in [0.3, 0.4) is 0 Å². The highest BCUT2D eigenvalue weighted by atomic mass is 16.5. The molecule has 0 spiro atoms. The number of nitrogens with zero attached hydrogens (tertiary/aromatic N) is 2. The smallest absolute Gasteiger partial charge is 0.259 e. The molecule has 4 N–H and O–H groups in total. The first-order chi connectivity index (χ1) is 29.3. The SMILES string of the molecule is COc1cc(-c2ccc(N/N=C3\C(=O)C(C(=O)Nc4ccccc4)=Cc4ccccc43)c(OC)c2)ccc1N/N=C1\C(=O)C(C(=O)Nc2ccccc2)=Cc2ccccc21. The minimum Gasteiger partial charge on any atom is -0.494 e. The molecule has 12 heteroatoms. The summed E-state index contributed by atoms with van der Waals surface area (Å²) in [6.07, 6.45) is 3.14. The van der Waals surface area contributed by atoms with Crippen LogP contribution in [0.1, 0.15) is 22.3 Å². The van der Waals surface area contributed by atoms with Gasteiger partial charge in [-0.3, -0.25) is 30.0 Å². The van der Waals surface area contributed by atoms with Gasteiger partial charge in [-0.05, 0) is 82.9 Å². The Morgan fingerprint density at radius 1 is 0.483 bits per heavy atom. The molecule has 0 aliphatic heterocycles. The molecule has 0 atom stereocenters. The van der Waals surface area contributed by atoms with Gasteiger partial charge in [0.05, 0.1) is 36.7 Å². The van der Waals surface area contributed by atoms with Crippen LogP contribution in [-0.4, -0.2) is 49.0 Å². The van der Waals surface area contributed by atoms with E-state index in [-0.39, 0.29) is 22.6 Å². The van der Waals surface area contributed by atoms with Crippen molar-refractivity contribution in [3.8, 4) is 22.6 Å². The van der Waals surface area contributed by atoms with Crippen LogP contribution in [-0.2, 0) is 19.2 Å². The Balaban J connectivity index is 1.02. The lowest BCUT2D eigenvalue weighted by molar-refractivity contribution is -0.118. The standard InChI is InChI=1S/C48H36N6O6/c1-59-41-27-29(21-23-39(41)51-53-43-35-19-11-9-13-31(35)25-37(45(43)55)47(57)49-33-15-5-3-6-16-33)30-22-24-40(42(28-30)60-2)52-54-44-36-20-12-10-14-32(36)26-38(46(44)56)48(58)50-34-17-7-4-8-18-34/h3-28,51-52H,1-2H3,(H,49,57)(H,50,58)/b53-43-,54-44-. The molecule has 2 aliphatic rings. The molecule has 6 aromatic carbocycles. The van der Waals surface area contributed by atoms with E-state index < -0.39 is 23.4 Å². The molecule has 8 rings (SSSR count). The molecular weight excluding hydrogens is 757 g/mol. The van der Waals surface area contributed by atoms with Crippen LogP contribution < -0.4 is 31.0 Å². The number of hydrazone groups is 2. The minimum absolute atomic E-state index is 0.0401. The summed E-state index contributed by atoms with van der Waals surface area (Å²) in [6, 6.07) is 43.2. The van der Waals surface area contributed by atoms with E-state index in [0.717, 1.165) is 11.1 Å². The lowest BCUT2D eigenvalue weighted by Crippen LogP contribution is -2.30. The van der Waals surface area contributed by atoms with Crippen molar-refractivity contribution >= 4 is 69.7 Å². The molecule has 0 saturated carbocycles. The summed E-state index contributed by atoms with van der Waals surface area (Å²) >= 11 is 0. The number of rotatable bonds is 11. The van der Waals surface area contributed by atoms with Crippen LogP contribution in [0.5, 0.6) is 11.5 Å². The first kappa shape index (κ1) is 38.5. The predicted octanol–water partition coefficient (Wildman–Crippen LogP) is 8.21. The molecule has 0 radical (unpaired) electrons. The van der Waals surface area contributed by atoms with Crippen molar-refractivity contribution < 1.29 is 28.7 Å². The molecule has 294 valence electrons. The highest BCUT2D eigenvalue weighted by Gasteiger charge is 2.32. The maximum atomic E-state index is 13.7. The van der Waals surface area contributed by atoms with Crippen molar-refractivity contribution in [2.45, 2.75) is 0 Å². The van der Waals surface area contributed by atoms with E-state index >= 15 is 0 Å². The Kier molecular flexibility index (Phi) is 10.9. The van der Waals surface area contributed by atoms with Gasteiger partial charge < -0.3 is 20.1 Å². The number of anilines is 4. The quantitative estimate of drug-likeness (QED) is 0.0755. The van der Waals surface area contributed by atoms with Crippen LogP contribution in [0.15, 0.2) is 167 Å². The molecule has 2 amide bonds. The molecule has 0 heterocycles. The van der Waals surface area contributed by atoms with Crippen molar-refractivity contribution in [3.63, 3.8) is 0 Å².